The summed E-state index contributed by atoms with van der Waals surface area (Å²) in [6, 6.07) is 8.30. The molecule has 2 rings (SSSR count). The number of sulfonamides is 1. The lowest BCUT2D eigenvalue weighted by Crippen LogP contribution is -2.47. The molecule has 1 N–H and O–H groups in total. The van der Waals surface area contributed by atoms with Crippen LogP contribution in [0.2, 0.25) is 0 Å². The highest BCUT2D eigenvalue weighted by molar-refractivity contribution is 7.99. The number of alkyl halides is 3. The SMILES string of the molecule is CCc1ccccc1SCC(NS(=O)(=O)c1c(C)cc(C)cc1C)C(F)(F)F. The largest absolute Gasteiger partial charge is 0.405 e. The minimum Gasteiger partial charge on any atom is -0.207 e. The molecule has 0 radical (unpaired) electrons. The Morgan fingerprint density at radius 3 is 2.18 bits per heavy atom. The smallest absolute Gasteiger partial charge is 0.207 e. The summed E-state index contributed by atoms with van der Waals surface area (Å²) in [5.41, 5.74) is 2.64. The van der Waals surface area contributed by atoms with Gasteiger partial charge in [0.2, 0.25) is 10.0 Å². The van der Waals surface area contributed by atoms with Crippen molar-refractivity contribution in [2.45, 2.75) is 56.1 Å². The van der Waals surface area contributed by atoms with E-state index < -0.39 is 28.0 Å². The maximum Gasteiger partial charge on any atom is 0.405 e. The standard InChI is InChI=1S/C20H24F3NO2S2/c1-5-16-8-6-7-9-17(16)27-12-18(20(21,22)23)24-28(25,26)19-14(3)10-13(2)11-15(19)4/h6-11,18,24H,5,12H2,1-4H3. The molecule has 0 aliphatic heterocycles. The maximum atomic E-state index is 13.6. The van der Waals surface area contributed by atoms with Crippen LogP contribution in [0.1, 0.15) is 29.2 Å². The van der Waals surface area contributed by atoms with Gasteiger partial charge in [0.15, 0.2) is 0 Å². The van der Waals surface area contributed by atoms with E-state index >= 15 is 0 Å². The third kappa shape index (κ3) is 5.52. The Hall–Kier alpha value is -1.51. The molecule has 0 bridgehead atoms. The highest BCUT2D eigenvalue weighted by atomic mass is 32.2. The van der Waals surface area contributed by atoms with E-state index in [1.54, 1.807) is 38.1 Å². The Labute approximate surface area is 168 Å². The van der Waals surface area contributed by atoms with Crippen LogP contribution in [0.15, 0.2) is 46.2 Å². The van der Waals surface area contributed by atoms with Crippen LogP contribution in [0.25, 0.3) is 0 Å². The first-order valence-corrected chi connectivity index (χ1v) is 11.3. The highest BCUT2D eigenvalue weighted by Crippen LogP contribution is 2.31. The second kappa shape index (κ2) is 8.88. The van der Waals surface area contributed by atoms with E-state index in [0.29, 0.717) is 17.5 Å². The van der Waals surface area contributed by atoms with Crippen LogP contribution in [-0.4, -0.2) is 26.4 Å². The zero-order valence-electron chi connectivity index (χ0n) is 16.2. The minimum absolute atomic E-state index is 0.0914. The Bertz CT molecular complexity index is 918. The molecule has 8 heteroatoms. The fourth-order valence-electron chi connectivity index (χ4n) is 3.14. The van der Waals surface area contributed by atoms with Crippen LogP contribution in [-0.2, 0) is 16.4 Å². The van der Waals surface area contributed by atoms with Gasteiger partial charge in [0.25, 0.3) is 0 Å². The Kier molecular flexibility index (Phi) is 7.22. The van der Waals surface area contributed by atoms with Crippen LogP contribution in [0.4, 0.5) is 13.2 Å². The van der Waals surface area contributed by atoms with Crippen LogP contribution in [0, 0.1) is 20.8 Å². The zero-order valence-corrected chi connectivity index (χ0v) is 17.9. The molecule has 154 valence electrons. The van der Waals surface area contributed by atoms with E-state index in [-0.39, 0.29) is 4.90 Å². The number of benzene rings is 2. The molecule has 0 fully saturated rings. The Morgan fingerprint density at radius 1 is 1.07 bits per heavy atom. The van der Waals surface area contributed by atoms with Crippen molar-refractivity contribution in [1.29, 1.82) is 0 Å². The van der Waals surface area contributed by atoms with Crippen molar-refractivity contribution in [2.24, 2.45) is 0 Å². The number of hydrogen-bond donors (Lipinski definition) is 1. The molecule has 1 atom stereocenters. The summed E-state index contributed by atoms with van der Waals surface area (Å²) in [6.07, 6.45) is -4.01. The van der Waals surface area contributed by atoms with Gasteiger partial charge in [0, 0.05) is 10.6 Å². The number of rotatable bonds is 7. The number of thioether (sulfide) groups is 1. The van der Waals surface area contributed by atoms with E-state index in [1.165, 1.54) is 0 Å². The van der Waals surface area contributed by atoms with Gasteiger partial charge in [0.05, 0.1) is 4.90 Å². The third-order valence-corrected chi connectivity index (χ3v) is 7.31. The van der Waals surface area contributed by atoms with Gasteiger partial charge in [-0.1, -0.05) is 42.8 Å². The normalized spacial score (nSPS) is 13.5. The monoisotopic (exact) mass is 431 g/mol. The molecule has 0 spiro atoms. The minimum atomic E-state index is -4.70. The quantitative estimate of drug-likeness (QED) is 0.615. The molecular weight excluding hydrogens is 407 g/mol. The molecule has 0 aliphatic rings. The molecule has 28 heavy (non-hydrogen) atoms. The van der Waals surface area contributed by atoms with Crippen molar-refractivity contribution in [1.82, 2.24) is 4.72 Å². The van der Waals surface area contributed by atoms with Gasteiger partial charge in [-0.2, -0.15) is 17.9 Å². The lowest BCUT2D eigenvalue weighted by atomic mass is 10.1. The van der Waals surface area contributed by atoms with Crippen LogP contribution in [0.3, 0.4) is 0 Å². The zero-order chi connectivity index (χ0) is 21.1. The first kappa shape index (κ1) is 22.8. The molecule has 1 unspecified atom stereocenters. The van der Waals surface area contributed by atoms with Gasteiger partial charge in [-0.25, -0.2) is 8.42 Å². The lowest BCUT2D eigenvalue weighted by Gasteiger charge is -2.23. The topological polar surface area (TPSA) is 46.2 Å². The van der Waals surface area contributed by atoms with Crippen molar-refractivity contribution in [3.05, 3.63) is 58.7 Å². The summed E-state index contributed by atoms with van der Waals surface area (Å²) in [5, 5.41) is 0. The third-order valence-electron chi connectivity index (χ3n) is 4.32. The second-order valence-corrected chi connectivity index (χ2v) is 9.43. The van der Waals surface area contributed by atoms with Gasteiger partial charge >= 0.3 is 6.18 Å². The molecule has 0 saturated carbocycles. The average Bonchev–Trinajstić information content (AvgIpc) is 2.56. The fourth-order valence-corrected chi connectivity index (χ4v) is 6.11. The van der Waals surface area contributed by atoms with E-state index in [4.69, 9.17) is 0 Å². The van der Waals surface area contributed by atoms with Crippen molar-refractivity contribution in [2.75, 3.05) is 5.75 Å². The molecule has 0 aromatic heterocycles. The summed E-state index contributed by atoms with van der Waals surface area (Å²) >= 11 is 1.01. The summed E-state index contributed by atoms with van der Waals surface area (Å²) in [5.74, 6) is -0.441. The molecule has 0 aliphatic carbocycles. The predicted octanol–water partition coefficient (Wildman–Crippen LogP) is 5.18. The number of nitrogens with one attached hydrogen (secondary N) is 1. The first-order valence-electron chi connectivity index (χ1n) is 8.83. The molecular formula is C20H24F3NO2S2. The Balaban J connectivity index is 2.30. The molecule has 0 saturated heterocycles. The van der Waals surface area contributed by atoms with E-state index in [2.05, 4.69) is 0 Å². The van der Waals surface area contributed by atoms with Crippen LogP contribution >= 0.6 is 11.8 Å². The van der Waals surface area contributed by atoms with Crippen molar-refractivity contribution < 1.29 is 21.6 Å². The van der Waals surface area contributed by atoms with E-state index in [0.717, 1.165) is 27.8 Å². The van der Waals surface area contributed by atoms with E-state index in [9.17, 15) is 21.6 Å². The average molecular weight is 432 g/mol. The number of halogens is 3. The summed E-state index contributed by atoms with van der Waals surface area (Å²) in [4.78, 5) is 0.632. The number of hydrogen-bond acceptors (Lipinski definition) is 3. The van der Waals surface area contributed by atoms with Gasteiger partial charge in [-0.15, -0.1) is 11.8 Å². The van der Waals surface area contributed by atoms with Gasteiger partial charge in [-0.3, -0.25) is 0 Å². The van der Waals surface area contributed by atoms with Gasteiger partial charge in [-0.05, 0) is 49.9 Å². The Morgan fingerprint density at radius 2 is 1.64 bits per heavy atom. The molecule has 2 aromatic rings. The van der Waals surface area contributed by atoms with Crippen molar-refractivity contribution in [3.8, 4) is 0 Å². The number of aryl methyl sites for hydroxylation is 4. The molecule has 2 aromatic carbocycles. The lowest BCUT2D eigenvalue weighted by molar-refractivity contribution is -0.145. The predicted molar refractivity (Wildman–Crippen MR) is 107 cm³/mol. The molecule has 0 heterocycles. The fraction of sp³-hybridized carbons (Fsp3) is 0.400. The van der Waals surface area contributed by atoms with E-state index in [1.807, 2.05) is 30.7 Å². The van der Waals surface area contributed by atoms with Crippen LogP contribution in [0.5, 0.6) is 0 Å². The first-order chi connectivity index (χ1) is 13.0. The van der Waals surface area contributed by atoms with Crippen molar-refractivity contribution >= 4 is 21.8 Å². The summed E-state index contributed by atoms with van der Waals surface area (Å²) in [7, 11) is -4.32. The van der Waals surface area contributed by atoms with Crippen molar-refractivity contribution in [3.63, 3.8) is 0 Å². The van der Waals surface area contributed by atoms with Gasteiger partial charge in [0.1, 0.15) is 6.04 Å². The summed E-state index contributed by atoms with van der Waals surface area (Å²) < 4.78 is 68.1. The molecule has 3 nitrogen and oxygen atoms in total. The van der Waals surface area contributed by atoms with Crippen LogP contribution < -0.4 is 4.72 Å². The summed E-state index contributed by atoms with van der Waals surface area (Å²) in [6.45, 7) is 6.91. The molecule has 0 amide bonds. The second-order valence-electron chi connectivity index (χ2n) is 6.72. The maximum absolute atomic E-state index is 13.6. The highest BCUT2D eigenvalue weighted by Gasteiger charge is 2.42. The van der Waals surface area contributed by atoms with Gasteiger partial charge < -0.3 is 0 Å².